The molecule has 1 fully saturated rings. The van der Waals surface area contributed by atoms with E-state index in [0.717, 1.165) is 11.7 Å². The number of hydrogen-bond acceptors (Lipinski definition) is 2. The molecular weight excluding hydrogens is 220 g/mol. The number of anilines is 1. The van der Waals surface area contributed by atoms with Crippen LogP contribution in [0, 0.1) is 12.8 Å². The predicted molar refractivity (Wildman–Crippen MR) is 69.1 cm³/mol. The van der Waals surface area contributed by atoms with Crippen molar-refractivity contribution in [3.8, 4) is 0 Å². The van der Waals surface area contributed by atoms with Gasteiger partial charge in [0.2, 0.25) is 0 Å². The zero-order chi connectivity index (χ0) is 11.4. The summed E-state index contributed by atoms with van der Waals surface area (Å²) < 4.78 is 0. The third-order valence-corrected chi connectivity index (χ3v) is 3.84. The summed E-state index contributed by atoms with van der Waals surface area (Å²) in [6.45, 7) is 2.09. The fourth-order valence-corrected chi connectivity index (χ4v) is 2.76. The van der Waals surface area contributed by atoms with Crippen LogP contribution in [0.15, 0.2) is 18.3 Å². The summed E-state index contributed by atoms with van der Waals surface area (Å²) in [4.78, 5) is 4.39. The number of halogens is 1. The van der Waals surface area contributed by atoms with E-state index in [1.165, 1.54) is 31.2 Å². The Morgan fingerprint density at radius 1 is 1.44 bits per heavy atom. The fourth-order valence-electron chi connectivity index (χ4n) is 2.39. The zero-order valence-electron chi connectivity index (χ0n) is 9.75. The van der Waals surface area contributed by atoms with Gasteiger partial charge in [0.05, 0.1) is 0 Å². The molecule has 0 amide bonds. The van der Waals surface area contributed by atoms with E-state index in [-0.39, 0.29) is 0 Å². The van der Waals surface area contributed by atoms with Gasteiger partial charge in [-0.25, -0.2) is 4.98 Å². The molecule has 1 aliphatic carbocycles. The van der Waals surface area contributed by atoms with Gasteiger partial charge >= 0.3 is 0 Å². The first-order valence-corrected chi connectivity index (χ1v) is 6.59. The van der Waals surface area contributed by atoms with Crippen LogP contribution in [0.4, 0.5) is 5.82 Å². The van der Waals surface area contributed by atoms with Crippen LogP contribution in [0.2, 0.25) is 0 Å². The van der Waals surface area contributed by atoms with Gasteiger partial charge in [-0.05, 0) is 37.3 Å². The van der Waals surface area contributed by atoms with Crippen LogP contribution in [-0.2, 0) is 0 Å². The summed E-state index contributed by atoms with van der Waals surface area (Å²) in [6, 6.07) is 4.56. The van der Waals surface area contributed by atoms with E-state index in [9.17, 15) is 0 Å². The third-order valence-electron chi connectivity index (χ3n) is 3.44. The number of nitrogens with one attached hydrogen (secondary N) is 1. The molecule has 1 aromatic heterocycles. The van der Waals surface area contributed by atoms with Crippen molar-refractivity contribution in [1.82, 2.24) is 4.98 Å². The average Bonchev–Trinajstić information content (AvgIpc) is 2.33. The number of aryl methyl sites for hydroxylation is 1. The maximum atomic E-state index is 6.02. The molecule has 2 rings (SSSR count). The van der Waals surface area contributed by atoms with Crippen LogP contribution in [0.25, 0.3) is 0 Å². The second kappa shape index (κ2) is 5.53. The van der Waals surface area contributed by atoms with Crippen LogP contribution in [0.1, 0.15) is 31.2 Å². The second-order valence-electron chi connectivity index (χ2n) is 4.62. The maximum Gasteiger partial charge on any atom is 0.129 e. The van der Waals surface area contributed by atoms with Gasteiger partial charge in [-0.3, -0.25) is 0 Å². The molecule has 2 unspecified atom stereocenters. The molecular formula is C13H19ClN2. The molecule has 88 valence electrons. The van der Waals surface area contributed by atoms with Crippen molar-refractivity contribution >= 4 is 17.4 Å². The fraction of sp³-hybridized carbons (Fsp3) is 0.615. The monoisotopic (exact) mass is 238 g/mol. The molecule has 0 saturated heterocycles. The molecule has 2 atom stereocenters. The molecule has 1 aliphatic rings. The minimum absolute atomic E-state index is 0.500. The number of rotatable bonds is 3. The van der Waals surface area contributed by atoms with E-state index in [1.807, 2.05) is 12.3 Å². The lowest BCUT2D eigenvalue weighted by atomic mass is 9.85. The molecule has 2 nitrogen and oxygen atoms in total. The van der Waals surface area contributed by atoms with Crippen molar-refractivity contribution in [2.75, 3.05) is 11.2 Å². The summed E-state index contributed by atoms with van der Waals surface area (Å²) in [5.41, 5.74) is 1.21. The van der Waals surface area contributed by atoms with E-state index >= 15 is 0 Å². The first-order chi connectivity index (χ1) is 7.81. The van der Waals surface area contributed by atoms with Gasteiger partial charge in [0.25, 0.3) is 0 Å². The van der Waals surface area contributed by atoms with Crippen LogP contribution >= 0.6 is 11.6 Å². The number of aromatic nitrogens is 1. The number of hydrogen-bond donors (Lipinski definition) is 1. The maximum absolute atomic E-state index is 6.02. The Balaban J connectivity index is 2.05. The molecule has 0 bridgehead atoms. The lowest BCUT2D eigenvalue weighted by molar-refractivity contribution is 0.352. The van der Waals surface area contributed by atoms with Gasteiger partial charge in [-0.15, -0.1) is 11.6 Å². The first kappa shape index (κ1) is 11.7. The number of alkyl halides is 1. The molecule has 1 aromatic rings. The van der Waals surface area contributed by atoms with Crippen molar-refractivity contribution < 1.29 is 0 Å². The highest BCUT2D eigenvalue weighted by molar-refractivity contribution is 6.18. The highest BCUT2D eigenvalue weighted by Gasteiger charge is 2.24. The highest BCUT2D eigenvalue weighted by Crippen LogP contribution is 2.28. The Bertz CT molecular complexity index is 340. The lowest BCUT2D eigenvalue weighted by Crippen LogP contribution is -2.33. The normalized spacial score (nSPS) is 25.4. The Kier molecular flexibility index (Phi) is 4.05. The predicted octanol–water partition coefficient (Wildman–Crippen LogP) is 3.60. The molecule has 1 saturated carbocycles. The van der Waals surface area contributed by atoms with Crippen LogP contribution < -0.4 is 5.32 Å². The molecule has 0 radical (unpaired) electrons. The van der Waals surface area contributed by atoms with Gasteiger partial charge in [0, 0.05) is 18.1 Å². The quantitative estimate of drug-likeness (QED) is 0.814. The minimum atomic E-state index is 0.500. The van der Waals surface area contributed by atoms with Gasteiger partial charge in [-0.1, -0.05) is 18.9 Å². The van der Waals surface area contributed by atoms with Crippen molar-refractivity contribution in [2.24, 2.45) is 5.92 Å². The third kappa shape index (κ3) is 2.67. The molecule has 3 heteroatoms. The van der Waals surface area contributed by atoms with E-state index in [2.05, 4.69) is 23.3 Å². The summed E-state index contributed by atoms with van der Waals surface area (Å²) in [5, 5.41) is 3.55. The lowest BCUT2D eigenvalue weighted by Gasteiger charge is -2.31. The summed E-state index contributed by atoms with van der Waals surface area (Å²) in [5.74, 6) is 2.37. The standard InChI is InChI=1S/C13H19ClN2/c1-10-5-4-8-15-13(10)16-12-7-3-2-6-11(12)9-14/h4-5,8,11-12H,2-3,6-7,9H2,1H3,(H,15,16). The van der Waals surface area contributed by atoms with Gasteiger partial charge in [0.15, 0.2) is 0 Å². The van der Waals surface area contributed by atoms with E-state index in [4.69, 9.17) is 11.6 Å². The van der Waals surface area contributed by atoms with Crippen molar-refractivity contribution in [1.29, 1.82) is 0 Å². The smallest absolute Gasteiger partial charge is 0.129 e. The van der Waals surface area contributed by atoms with Gasteiger partial charge in [0.1, 0.15) is 5.82 Å². The summed E-state index contributed by atoms with van der Waals surface area (Å²) in [7, 11) is 0. The SMILES string of the molecule is Cc1cccnc1NC1CCCCC1CCl. The minimum Gasteiger partial charge on any atom is -0.367 e. The van der Waals surface area contributed by atoms with E-state index < -0.39 is 0 Å². The first-order valence-electron chi connectivity index (χ1n) is 6.05. The molecule has 0 aliphatic heterocycles. The number of nitrogens with zero attached hydrogens (tertiary/aromatic N) is 1. The van der Waals surface area contributed by atoms with E-state index in [1.54, 1.807) is 0 Å². The molecule has 0 aromatic carbocycles. The van der Waals surface area contributed by atoms with Gasteiger partial charge < -0.3 is 5.32 Å². The van der Waals surface area contributed by atoms with Crippen molar-refractivity contribution in [3.05, 3.63) is 23.9 Å². The van der Waals surface area contributed by atoms with Gasteiger partial charge in [-0.2, -0.15) is 0 Å². The summed E-state index contributed by atoms with van der Waals surface area (Å²) >= 11 is 6.02. The molecule has 16 heavy (non-hydrogen) atoms. The molecule has 0 spiro atoms. The van der Waals surface area contributed by atoms with Crippen LogP contribution in [0.3, 0.4) is 0 Å². The topological polar surface area (TPSA) is 24.9 Å². The largest absolute Gasteiger partial charge is 0.367 e. The zero-order valence-corrected chi connectivity index (χ0v) is 10.5. The Labute approximate surface area is 102 Å². The summed E-state index contributed by atoms with van der Waals surface area (Å²) in [6.07, 6.45) is 6.92. The Hall–Kier alpha value is -0.760. The van der Waals surface area contributed by atoms with Crippen molar-refractivity contribution in [2.45, 2.75) is 38.6 Å². The van der Waals surface area contributed by atoms with Crippen LogP contribution in [-0.4, -0.2) is 16.9 Å². The molecule has 1 N–H and O–H groups in total. The molecule has 1 heterocycles. The average molecular weight is 239 g/mol. The Morgan fingerprint density at radius 2 is 2.25 bits per heavy atom. The second-order valence-corrected chi connectivity index (χ2v) is 4.93. The number of pyridine rings is 1. The van der Waals surface area contributed by atoms with Crippen LogP contribution in [0.5, 0.6) is 0 Å². The van der Waals surface area contributed by atoms with E-state index in [0.29, 0.717) is 12.0 Å². The van der Waals surface area contributed by atoms with Crippen molar-refractivity contribution in [3.63, 3.8) is 0 Å². The Morgan fingerprint density at radius 3 is 3.00 bits per heavy atom. The highest BCUT2D eigenvalue weighted by atomic mass is 35.5.